The van der Waals surface area contributed by atoms with Crippen LogP contribution in [-0.4, -0.2) is 40.3 Å². The second-order valence-electron chi connectivity index (χ2n) is 8.46. The molecule has 2 fully saturated rings. The Morgan fingerprint density at radius 2 is 1.73 bits per heavy atom. The number of fused-ring (bicyclic) bond motifs is 1. The lowest BCUT2D eigenvalue weighted by atomic mass is 9.91. The molecule has 0 radical (unpaired) electrons. The van der Waals surface area contributed by atoms with Crippen molar-refractivity contribution in [2.75, 3.05) is 19.6 Å². The molecule has 2 N–H and O–H groups in total. The molecule has 0 spiro atoms. The number of hydrogen-bond donors (Lipinski definition) is 2. The Kier molecular flexibility index (Phi) is 4.87. The van der Waals surface area contributed by atoms with Gasteiger partial charge >= 0.3 is 0 Å². The Morgan fingerprint density at radius 3 is 2.38 bits per heavy atom. The van der Waals surface area contributed by atoms with E-state index in [1.807, 2.05) is 30.3 Å². The second-order valence-corrected chi connectivity index (χ2v) is 8.46. The molecule has 0 bridgehead atoms. The molecule has 4 atom stereocenters. The molecule has 3 heteroatoms. The maximum Gasteiger partial charge on any atom is 0.0917 e. The molecular weight excluding hydrogens is 322 g/mol. The molecule has 1 aliphatic carbocycles. The lowest BCUT2D eigenvalue weighted by Gasteiger charge is -2.27. The van der Waals surface area contributed by atoms with Crippen molar-refractivity contribution in [3.63, 3.8) is 0 Å². The van der Waals surface area contributed by atoms with Gasteiger partial charge < -0.3 is 10.2 Å². The first kappa shape index (κ1) is 17.7. The van der Waals surface area contributed by atoms with Gasteiger partial charge in [0, 0.05) is 26.1 Å². The van der Waals surface area contributed by atoms with Crippen molar-refractivity contribution >= 4 is 0 Å². The van der Waals surface area contributed by atoms with Crippen LogP contribution in [0.2, 0.25) is 0 Å². The SMILES string of the molecule is Cc1cccc(C(O)CN2C[C@@H]3CC(O)(Cc4ccccc4)C[C@@H]3C2)c1. The standard InChI is InChI=1S/C23H29NO2/c1-17-6-5-9-19(10-17)22(25)16-24-14-20-12-23(26,13-21(20)15-24)11-18-7-3-2-4-8-18/h2-10,20-22,25-26H,11-16H2,1H3/t20-,21+,22?,23?. The Labute approximate surface area is 156 Å². The molecule has 0 aromatic heterocycles. The van der Waals surface area contributed by atoms with E-state index in [4.69, 9.17) is 0 Å². The fourth-order valence-corrected chi connectivity index (χ4v) is 5.05. The van der Waals surface area contributed by atoms with Gasteiger partial charge in [-0.3, -0.25) is 4.90 Å². The number of aryl methyl sites for hydroxylation is 1. The largest absolute Gasteiger partial charge is 0.390 e. The quantitative estimate of drug-likeness (QED) is 0.868. The molecule has 2 aliphatic rings. The summed E-state index contributed by atoms with van der Waals surface area (Å²) in [6.07, 6.45) is 2.08. The van der Waals surface area contributed by atoms with Crippen molar-refractivity contribution in [3.05, 3.63) is 71.3 Å². The summed E-state index contributed by atoms with van der Waals surface area (Å²) in [7, 11) is 0. The van der Waals surface area contributed by atoms with Crippen LogP contribution < -0.4 is 0 Å². The Morgan fingerprint density at radius 1 is 1.04 bits per heavy atom. The van der Waals surface area contributed by atoms with E-state index in [0.717, 1.165) is 37.9 Å². The minimum atomic E-state index is -0.558. The number of hydrogen-bond acceptors (Lipinski definition) is 3. The molecule has 1 saturated carbocycles. The first-order chi connectivity index (χ1) is 12.5. The van der Waals surface area contributed by atoms with Crippen molar-refractivity contribution in [3.8, 4) is 0 Å². The van der Waals surface area contributed by atoms with Gasteiger partial charge in [0.25, 0.3) is 0 Å². The van der Waals surface area contributed by atoms with Crippen LogP contribution in [0.25, 0.3) is 0 Å². The van der Waals surface area contributed by atoms with Crippen molar-refractivity contribution in [2.24, 2.45) is 11.8 Å². The molecule has 138 valence electrons. The molecule has 3 nitrogen and oxygen atoms in total. The number of aliphatic hydroxyl groups excluding tert-OH is 1. The van der Waals surface area contributed by atoms with Gasteiger partial charge in [-0.15, -0.1) is 0 Å². The third-order valence-corrected chi connectivity index (χ3v) is 6.17. The third-order valence-electron chi connectivity index (χ3n) is 6.17. The summed E-state index contributed by atoms with van der Waals surface area (Å²) < 4.78 is 0. The average molecular weight is 351 g/mol. The summed E-state index contributed by atoms with van der Waals surface area (Å²) in [5, 5.41) is 21.6. The third kappa shape index (κ3) is 3.85. The van der Waals surface area contributed by atoms with Gasteiger partial charge in [0.2, 0.25) is 0 Å². The Balaban J connectivity index is 1.33. The lowest BCUT2D eigenvalue weighted by molar-refractivity contribution is 0.0328. The molecule has 1 heterocycles. The average Bonchev–Trinajstić information content (AvgIpc) is 3.09. The molecule has 4 rings (SSSR count). The normalized spacial score (nSPS) is 29.7. The van der Waals surface area contributed by atoms with Crippen LogP contribution in [0.1, 0.15) is 35.6 Å². The van der Waals surface area contributed by atoms with Crippen LogP contribution in [0.5, 0.6) is 0 Å². The topological polar surface area (TPSA) is 43.7 Å². The van der Waals surface area contributed by atoms with Gasteiger partial charge in [0.15, 0.2) is 0 Å². The maximum absolute atomic E-state index is 11.1. The van der Waals surface area contributed by atoms with Gasteiger partial charge in [-0.1, -0.05) is 60.2 Å². The highest BCUT2D eigenvalue weighted by Gasteiger charge is 2.48. The predicted molar refractivity (Wildman–Crippen MR) is 104 cm³/mol. The lowest BCUT2D eigenvalue weighted by Crippen LogP contribution is -2.33. The van der Waals surface area contributed by atoms with Crippen molar-refractivity contribution < 1.29 is 10.2 Å². The van der Waals surface area contributed by atoms with Gasteiger partial charge in [0.1, 0.15) is 0 Å². The molecule has 0 amide bonds. The van der Waals surface area contributed by atoms with Crippen LogP contribution in [0.3, 0.4) is 0 Å². The number of aliphatic hydroxyl groups is 2. The summed E-state index contributed by atoms with van der Waals surface area (Å²) in [6, 6.07) is 18.5. The highest BCUT2D eigenvalue weighted by Crippen LogP contribution is 2.45. The van der Waals surface area contributed by atoms with Crippen molar-refractivity contribution in [1.29, 1.82) is 0 Å². The van der Waals surface area contributed by atoms with Crippen LogP contribution in [-0.2, 0) is 6.42 Å². The number of β-amino-alcohol motifs (C(OH)–C–C–N with tert-alkyl or cyclic N) is 1. The zero-order valence-corrected chi connectivity index (χ0v) is 15.5. The molecule has 2 unspecified atom stereocenters. The number of nitrogens with zero attached hydrogens (tertiary/aromatic N) is 1. The fourth-order valence-electron chi connectivity index (χ4n) is 5.05. The second kappa shape index (κ2) is 7.15. The van der Waals surface area contributed by atoms with E-state index in [-0.39, 0.29) is 0 Å². The summed E-state index contributed by atoms with van der Waals surface area (Å²) in [5.41, 5.74) is 2.85. The van der Waals surface area contributed by atoms with E-state index in [1.54, 1.807) is 0 Å². The van der Waals surface area contributed by atoms with Crippen LogP contribution in [0.15, 0.2) is 54.6 Å². The van der Waals surface area contributed by atoms with E-state index in [0.29, 0.717) is 18.4 Å². The van der Waals surface area contributed by atoms with Gasteiger partial charge in [-0.25, -0.2) is 0 Å². The summed E-state index contributed by atoms with van der Waals surface area (Å²) in [4.78, 5) is 2.38. The van der Waals surface area contributed by atoms with E-state index >= 15 is 0 Å². The predicted octanol–water partition coefficient (Wildman–Crippen LogP) is 3.34. The van der Waals surface area contributed by atoms with E-state index in [1.165, 1.54) is 11.1 Å². The zero-order chi connectivity index (χ0) is 18.1. The minimum absolute atomic E-state index is 0.433. The summed E-state index contributed by atoms with van der Waals surface area (Å²) in [5.74, 6) is 1.10. The van der Waals surface area contributed by atoms with Crippen LogP contribution in [0.4, 0.5) is 0 Å². The first-order valence-electron chi connectivity index (χ1n) is 9.74. The minimum Gasteiger partial charge on any atom is -0.390 e. The highest BCUT2D eigenvalue weighted by molar-refractivity contribution is 5.24. The molecule has 2 aromatic rings. The fraction of sp³-hybridized carbons (Fsp3) is 0.478. The zero-order valence-electron chi connectivity index (χ0n) is 15.5. The van der Waals surface area contributed by atoms with E-state index in [9.17, 15) is 10.2 Å². The number of rotatable bonds is 5. The van der Waals surface area contributed by atoms with Gasteiger partial charge in [-0.2, -0.15) is 0 Å². The van der Waals surface area contributed by atoms with Gasteiger partial charge in [0.05, 0.1) is 11.7 Å². The summed E-state index contributed by atoms with van der Waals surface area (Å²) in [6.45, 7) is 4.73. The van der Waals surface area contributed by atoms with Crippen molar-refractivity contribution in [1.82, 2.24) is 4.90 Å². The molecular formula is C23H29NO2. The number of benzene rings is 2. The smallest absolute Gasteiger partial charge is 0.0917 e. The highest BCUT2D eigenvalue weighted by atomic mass is 16.3. The molecule has 1 saturated heterocycles. The van der Waals surface area contributed by atoms with Crippen molar-refractivity contribution in [2.45, 2.75) is 37.9 Å². The molecule has 2 aromatic carbocycles. The molecule has 26 heavy (non-hydrogen) atoms. The van der Waals surface area contributed by atoms with E-state index in [2.05, 4.69) is 36.1 Å². The first-order valence-corrected chi connectivity index (χ1v) is 9.74. The Hall–Kier alpha value is -1.68. The van der Waals surface area contributed by atoms with Crippen LogP contribution >= 0.6 is 0 Å². The number of likely N-dealkylation sites (tertiary alicyclic amines) is 1. The van der Waals surface area contributed by atoms with Crippen LogP contribution in [0, 0.1) is 18.8 Å². The molecule has 1 aliphatic heterocycles. The van der Waals surface area contributed by atoms with Gasteiger partial charge in [-0.05, 0) is 42.7 Å². The monoisotopic (exact) mass is 351 g/mol. The summed E-state index contributed by atoms with van der Waals surface area (Å²) >= 11 is 0. The van der Waals surface area contributed by atoms with E-state index < -0.39 is 11.7 Å². The Bertz CT molecular complexity index is 731. The maximum atomic E-state index is 11.1.